The highest BCUT2D eigenvalue weighted by Crippen LogP contribution is 2.34. The van der Waals surface area contributed by atoms with Crippen LogP contribution in [0, 0.1) is 5.82 Å². The van der Waals surface area contributed by atoms with Crippen molar-refractivity contribution in [3.8, 4) is 17.1 Å². The maximum Gasteiger partial charge on any atom is 0.358 e. The minimum atomic E-state index is -0.783. The smallest absolute Gasteiger partial charge is 0.358 e. The van der Waals surface area contributed by atoms with Gasteiger partial charge in [-0.2, -0.15) is 0 Å². The zero-order valence-electron chi connectivity index (χ0n) is 12.2. The number of aromatic nitrogens is 2. The Labute approximate surface area is 141 Å². The SMILES string of the molecule is CCOC(=O)c1nc(-c2ccc(Cl)c(OC)c2F)nc(N)c1Cl. The molecule has 0 saturated carbocycles. The molecule has 2 rings (SSSR count). The van der Waals surface area contributed by atoms with Gasteiger partial charge in [-0.05, 0) is 19.1 Å². The second-order valence-electron chi connectivity index (χ2n) is 4.26. The molecule has 0 aliphatic heterocycles. The molecule has 0 saturated heterocycles. The van der Waals surface area contributed by atoms with Gasteiger partial charge in [-0.25, -0.2) is 19.2 Å². The Hall–Kier alpha value is -2.12. The summed E-state index contributed by atoms with van der Waals surface area (Å²) in [6.45, 7) is 1.75. The van der Waals surface area contributed by atoms with Gasteiger partial charge in [0.1, 0.15) is 10.8 Å². The number of hydrogen-bond donors (Lipinski definition) is 1. The molecule has 0 radical (unpaired) electrons. The molecule has 0 spiro atoms. The Kier molecular flexibility index (Phi) is 5.23. The number of esters is 1. The minimum Gasteiger partial charge on any atom is -0.492 e. The lowest BCUT2D eigenvalue weighted by molar-refractivity contribution is 0.0519. The summed E-state index contributed by atoms with van der Waals surface area (Å²) in [5.74, 6) is -2.04. The van der Waals surface area contributed by atoms with E-state index >= 15 is 0 Å². The van der Waals surface area contributed by atoms with Crippen molar-refractivity contribution in [2.45, 2.75) is 6.92 Å². The number of benzene rings is 1. The van der Waals surface area contributed by atoms with Crippen LogP contribution in [0.2, 0.25) is 10.0 Å². The summed E-state index contributed by atoms with van der Waals surface area (Å²) in [4.78, 5) is 19.7. The Morgan fingerprint density at radius 1 is 1.35 bits per heavy atom. The van der Waals surface area contributed by atoms with Crippen LogP contribution in [0.3, 0.4) is 0 Å². The lowest BCUT2D eigenvalue weighted by atomic mass is 10.1. The van der Waals surface area contributed by atoms with Gasteiger partial charge in [0.05, 0.1) is 24.3 Å². The molecule has 122 valence electrons. The minimum absolute atomic E-state index is 0.0415. The maximum atomic E-state index is 14.5. The number of rotatable bonds is 4. The molecule has 0 aliphatic rings. The van der Waals surface area contributed by atoms with Crippen LogP contribution in [-0.2, 0) is 4.74 Å². The normalized spacial score (nSPS) is 10.5. The average molecular weight is 360 g/mol. The number of halogens is 3. The molecule has 1 aromatic heterocycles. The van der Waals surface area contributed by atoms with Gasteiger partial charge < -0.3 is 15.2 Å². The first-order chi connectivity index (χ1) is 10.9. The molecule has 2 N–H and O–H groups in total. The van der Waals surface area contributed by atoms with Crippen molar-refractivity contribution in [2.24, 2.45) is 0 Å². The number of carbonyl (C=O) groups is 1. The third kappa shape index (κ3) is 3.30. The number of ether oxygens (including phenoxy) is 2. The number of nitrogen functional groups attached to an aromatic ring is 1. The highest BCUT2D eigenvalue weighted by molar-refractivity contribution is 6.35. The van der Waals surface area contributed by atoms with Crippen molar-refractivity contribution in [1.29, 1.82) is 0 Å². The molecule has 1 aromatic carbocycles. The Morgan fingerprint density at radius 2 is 2.04 bits per heavy atom. The van der Waals surface area contributed by atoms with Crippen LogP contribution in [0.15, 0.2) is 12.1 Å². The van der Waals surface area contributed by atoms with E-state index in [0.29, 0.717) is 0 Å². The first-order valence-corrected chi connectivity index (χ1v) is 7.18. The molecule has 6 nitrogen and oxygen atoms in total. The molecular formula is C14H12Cl2FN3O3. The number of hydrogen-bond acceptors (Lipinski definition) is 6. The zero-order valence-corrected chi connectivity index (χ0v) is 13.7. The van der Waals surface area contributed by atoms with Crippen LogP contribution >= 0.6 is 23.2 Å². The van der Waals surface area contributed by atoms with Gasteiger partial charge in [0, 0.05) is 0 Å². The summed E-state index contributed by atoms with van der Waals surface area (Å²) in [5, 5.41) is -0.0742. The van der Waals surface area contributed by atoms with Crippen molar-refractivity contribution < 1.29 is 18.7 Å². The summed E-state index contributed by atoms with van der Waals surface area (Å²) in [6.07, 6.45) is 0. The predicted molar refractivity (Wildman–Crippen MR) is 84.4 cm³/mol. The third-order valence-electron chi connectivity index (χ3n) is 2.84. The van der Waals surface area contributed by atoms with Crippen LogP contribution in [0.5, 0.6) is 5.75 Å². The van der Waals surface area contributed by atoms with Crippen LogP contribution in [0.25, 0.3) is 11.4 Å². The van der Waals surface area contributed by atoms with E-state index in [1.807, 2.05) is 0 Å². The monoisotopic (exact) mass is 359 g/mol. The van der Waals surface area contributed by atoms with Gasteiger partial charge in [-0.15, -0.1) is 0 Å². The number of nitrogens with two attached hydrogens (primary N) is 1. The van der Waals surface area contributed by atoms with Crippen molar-refractivity contribution in [2.75, 3.05) is 19.5 Å². The number of nitrogens with zero attached hydrogens (tertiary/aromatic N) is 2. The van der Waals surface area contributed by atoms with E-state index in [4.69, 9.17) is 38.4 Å². The van der Waals surface area contributed by atoms with Crippen LogP contribution in [0.1, 0.15) is 17.4 Å². The fourth-order valence-electron chi connectivity index (χ4n) is 1.81. The molecule has 1 heterocycles. The van der Waals surface area contributed by atoms with E-state index in [1.54, 1.807) is 6.92 Å². The molecular weight excluding hydrogens is 348 g/mol. The molecule has 0 fully saturated rings. The summed E-state index contributed by atoms with van der Waals surface area (Å²) < 4.78 is 24.2. The molecule has 9 heteroatoms. The largest absolute Gasteiger partial charge is 0.492 e. The number of methoxy groups -OCH3 is 1. The van der Waals surface area contributed by atoms with Crippen LogP contribution in [-0.4, -0.2) is 29.7 Å². The molecule has 0 amide bonds. The third-order valence-corrected chi connectivity index (χ3v) is 3.51. The fourth-order valence-corrected chi connectivity index (χ4v) is 2.20. The molecule has 0 atom stereocenters. The first-order valence-electron chi connectivity index (χ1n) is 6.43. The Balaban J connectivity index is 2.64. The van der Waals surface area contributed by atoms with E-state index in [9.17, 15) is 9.18 Å². The lowest BCUT2D eigenvalue weighted by Crippen LogP contribution is -2.12. The summed E-state index contributed by atoms with van der Waals surface area (Å²) >= 11 is 11.8. The topological polar surface area (TPSA) is 87.3 Å². The summed E-state index contributed by atoms with van der Waals surface area (Å²) in [6, 6.07) is 2.76. The Bertz CT molecular complexity index is 771. The van der Waals surface area contributed by atoms with E-state index in [0.717, 1.165) is 0 Å². The first kappa shape index (κ1) is 17.2. The van der Waals surface area contributed by atoms with Crippen LogP contribution in [0.4, 0.5) is 10.2 Å². The highest BCUT2D eigenvalue weighted by atomic mass is 35.5. The molecule has 23 heavy (non-hydrogen) atoms. The van der Waals surface area contributed by atoms with Crippen molar-refractivity contribution in [3.63, 3.8) is 0 Å². The summed E-state index contributed by atoms with van der Waals surface area (Å²) in [5.41, 5.74) is 5.39. The van der Waals surface area contributed by atoms with E-state index in [-0.39, 0.29) is 45.3 Å². The van der Waals surface area contributed by atoms with Gasteiger partial charge in [0.2, 0.25) is 0 Å². The van der Waals surface area contributed by atoms with Gasteiger partial charge in [-0.3, -0.25) is 0 Å². The quantitative estimate of drug-likeness (QED) is 0.842. The van der Waals surface area contributed by atoms with Gasteiger partial charge in [0.25, 0.3) is 0 Å². The molecule has 0 unspecified atom stereocenters. The fraction of sp³-hybridized carbons (Fsp3) is 0.214. The van der Waals surface area contributed by atoms with Crippen molar-refractivity contribution >= 4 is 35.0 Å². The number of anilines is 1. The molecule has 0 bridgehead atoms. The average Bonchev–Trinajstić information content (AvgIpc) is 2.51. The molecule has 2 aromatic rings. The van der Waals surface area contributed by atoms with Gasteiger partial charge in [0.15, 0.2) is 23.1 Å². The Morgan fingerprint density at radius 3 is 2.65 bits per heavy atom. The van der Waals surface area contributed by atoms with Crippen LogP contribution < -0.4 is 10.5 Å². The standard InChI is InChI=1S/C14H12Cl2FN3O3/c1-3-23-14(21)10-8(16)12(18)20-13(19-10)6-4-5-7(15)11(22-2)9(6)17/h4-5H,3H2,1-2H3,(H2,18,19,20). The summed E-state index contributed by atoms with van der Waals surface area (Å²) in [7, 11) is 1.27. The van der Waals surface area contributed by atoms with E-state index < -0.39 is 11.8 Å². The second kappa shape index (κ2) is 6.97. The predicted octanol–water partition coefficient (Wildman–Crippen LogP) is 3.36. The van der Waals surface area contributed by atoms with E-state index in [1.165, 1.54) is 19.2 Å². The van der Waals surface area contributed by atoms with Crippen molar-refractivity contribution in [1.82, 2.24) is 9.97 Å². The number of carbonyl (C=O) groups excluding carboxylic acids is 1. The lowest BCUT2D eigenvalue weighted by Gasteiger charge is -2.11. The van der Waals surface area contributed by atoms with Gasteiger partial charge in [-0.1, -0.05) is 23.2 Å². The maximum absolute atomic E-state index is 14.5. The highest BCUT2D eigenvalue weighted by Gasteiger charge is 2.22. The second-order valence-corrected chi connectivity index (χ2v) is 5.04. The van der Waals surface area contributed by atoms with Crippen molar-refractivity contribution in [3.05, 3.63) is 33.7 Å². The molecule has 0 aliphatic carbocycles. The zero-order chi connectivity index (χ0) is 17.1. The van der Waals surface area contributed by atoms with Gasteiger partial charge >= 0.3 is 5.97 Å². The van der Waals surface area contributed by atoms with E-state index in [2.05, 4.69) is 9.97 Å².